The van der Waals surface area contributed by atoms with Gasteiger partial charge in [-0.2, -0.15) is 0 Å². The molecule has 1 aromatic rings. The largest absolute Gasteiger partial charge is 0.379 e. The Labute approximate surface area is 129 Å². The first-order valence-electron chi connectivity index (χ1n) is 8.50. The van der Waals surface area contributed by atoms with Crippen LogP contribution in [-0.2, 0) is 0 Å². The number of aromatic nitrogens is 1. The maximum Gasteiger partial charge on any atom is 0.151 e. The summed E-state index contributed by atoms with van der Waals surface area (Å²) in [4.78, 5) is 7.08. The molecule has 0 amide bonds. The van der Waals surface area contributed by atoms with Crippen molar-refractivity contribution in [3.05, 3.63) is 18.3 Å². The Morgan fingerprint density at radius 1 is 1.24 bits per heavy atom. The van der Waals surface area contributed by atoms with Crippen molar-refractivity contribution in [1.82, 2.24) is 4.98 Å². The fourth-order valence-electron chi connectivity index (χ4n) is 4.37. The highest BCUT2D eigenvalue weighted by molar-refractivity contribution is 5.66. The maximum atomic E-state index is 4.64. The number of rotatable bonds is 3. The van der Waals surface area contributed by atoms with Gasteiger partial charge >= 0.3 is 0 Å². The Morgan fingerprint density at radius 2 is 2.00 bits per heavy atom. The monoisotopic (exact) mass is 287 g/mol. The van der Waals surface area contributed by atoms with Gasteiger partial charge in [0.1, 0.15) is 0 Å². The van der Waals surface area contributed by atoms with Crippen LogP contribution in [0.1, 0.15) is 52.9 Å². The Morgan fingerprint density at radius 3 is 2.71 bits per heavy atom. The molecular weight excluding hydrogens is 258 g/mol. The van der Waals surface area contributed by atoms with Crippen molar-refractivity contribution in [3.63, 3.8) is 0 Å². The second kappa shape index (κ2) is 5.86. The second-order valence-corrected chi connectivity index (χ2v) is 7.82. The summed E-state index contributed by atoms with van der Waals surface area (Å²) in [5.41, 5.74) is 1.68. The van der Waals surface area contributed by atoms with Crippen molar-refractivity contribution >= 4 is 11.5 Å². The highest BCUT2D eigenvalue weighted by atomic mass is 15.2. The molecule has 1 aromatic heterocycles. The Hall–Kier alpha value is -1.25. The van der Waals surface area contributed by atoms with Gasteiger partial charge in [0.15, 0.2) is 5.82 Å². The molecule has 0 spiro atoms. The zero-order valence-electron chi connectivity index (χ0n) is 13.7. The summed E-state index contributed by atoms with van der Waals surface area (Å²) in [7, 11) is 0. The molecule has 2 aliphatic rings. The van der Waals surface area contributed by atoms with Crippen LogP contribution in [0.2, 0.25) is 0 Å². The average molecular weight is 287 g/mol. The minimum absolute atomic E-state index is 0.450. The van der Waals surface area contributed by atoms with E-state index in [2.05, 4.69) is 48.1 Å². The van der Waals surface area contributed by atoms with Crippen LogP contribution in [-0.4, -0.2) is 24.1 Å². The Bertz CT molecular complexity index is 477. The summed E-state index contributed by atoms with van der Waals surface area (Å²) in [5.74, 6) is 1.96. The molecule has 0 aromatic carbocycles. The van der Waals surface area contributed by atoms with E-state index in [1.165, 1.54) is 37.8 Å². The van der Waals surface area contributed by atoms with Crippen molar-refractivity contribution in [2.75, 3.05) is 23.3 Å². The molecule has 3 nitrogen and oxygen atoms in total. The summed E-state index contributed by atoms with van der Waals surface area (Å²) in [6.45, 7) is 9.50. The second-order valence-electron chi connectivity index (χ2n) is 7.82. The lowest BCUT2D eigenvalue weighted by Gasteiger charge is -2.40. The van der Waals surface area contributed by atoms with E-state index in [4.69, 9.17) is 0 Å². The number of hydrogen-bond acceptors (Lipinski definition) is 3. The molecule has 1 aliphatic heterocycles. The normalized spacial score (nSPS) is 28.6. The summed E-state index contributed by atoms with van der Waals surface area (Å²) < 4.78 is 0. The van der Waals surface area contributed by atoms with Crippen LogP contribution < -0.4 is 10.2 Å². The fourth-order valence-corrected chi connectivity index (χ4v) is 4.37. The molecule has 1 N–H and O–H groups in total. The number of nitrogens with zero attached hydrogens (tertiary/aromatic N) is 2. The Kier molecular flexibility index (Phi) is 4.10. The quantitative estimate of drug-likeness (QED) is 0.898. The summed E-state index contributed by atoms with van der Waals surface area (Å²) in [6.07, 6.45) is 8.39. The zero-order chi connectivity index (χ0) is 14.9. The van der Waals surface area contributed by atoms with Crippen LogP contribution in [0.5, 0.6) is 0 Å². The van der Waals surface area contributed by atoms with Crippen LogP contribution in [0.15, 0.2) is 18.3 Å². The van der Waals surface area contributed by atoms with Gasteiger partial charge in [-0.1, -0.05) is 20.8 Å². The summed E-state index contributed by atoms with van der Waals surface area (Å²) in [6, 6.07) is 4.83. The number of nitrogens with one attached hydrogen (secondary N) is 1. The third-order valence-electron chi connectivity index (χ3n) is 4.94. The standard InChI is InChI=1S/C18H29N3/c1-14-11-15(13-18(2,3)12-14)20-16-7-6-8-19-17(16)21-9-4-5-10-21/h6-8,14-15,20H,4-5,9-13H2,1-3H3. The first-order valence-corrected chi connectivity index (χ1v) is 8.50. The van der Waals surface area contributed by atoms with Crippen molar-refractivity contribution in [3.8, 4) is 0 Å². The van der Waals surface area contributed by atoms with Crippen LogP contribution in [0, 0.1) is 11.3 Å². The molecule has 1 saturated carbocycles. The van der Waals surface area contributed by atoms with Gasteiger partial charge < -0.3 is 10.2 Å². The lowest BCUT2D eigenvalue weighted by atomic mass is 9.70. The van der Waals surface area contributed by atoms with Gasteiger partial charge in [0, 0.05) is 25.3 Å². The van der Waals surface area contributed by atoms with Gasteiger partial charge in [-0.3, -0.25) is 0 Å². The van der Waals surface area contributed by atoms with Gasteiger partial charge in [-0.25, -0.2) is 4.98 Å². The van der Waals surface area contributed by atoms with Crippen LogP contribution >= 0.6 is 0 Å². The van der Waals surface area contributed by atoms with Gasteiger partial charge in [-0.15, -0.1) is 0 Å². The van der Waals surface area contributed by atoms with Crippen molar-refractivity contribution < 1.29 is 0 Å². The molecule has 2 fully saturated rings. The van der Waals surface area contributed by atoms with Crippen LogP contribution in [0.3, 0.4) is 0 Å². The highest BCUT2D eigenvalue weighted by Crippen LogP contribution is 2.40. The van der Waals surface area contributed by atoms with Gasteiger partial charge in [-0.05, 0) is 55.6 Å². The topological polar surface area (TPSA) is 28.2 Å². The van der Waals surface area contributed by atoms with Gasteiger partial charge in [0.25, 0.3) is 0 Å². The van der Waals surface area contributed by atoms with E-state index < -0.39 is 0 Å². The maximum absolute atomic E-state index is 4.64. The van der Waals surface area contributed by atoms with Gasteiger partial charge in [0.05, 0.1) is 5.69 Å². The molecule has 116 valence electrons. The minimum Gasteiger partial charge on any atom is -0.379 e. The van der Waals surface area contributed by atoms with E-state index in [0.29, 0.717) is 11.5 Å². The van der Waals surface area contributed by atoms with Crippen LogP contribution in [0.25, 0.3) is 0 Å². The van der Waals surface area contributed by atoms with Crippen molar-refractivity contribution in [2.45, 2.75) is 58.9 Å². The van der Waals surface area contributed by atoms with Crippen molar-refractivity contribution in [1.29, 1.82) is 0 Å². The number of hydrogen-bond donors (Lipinski definition) is 1. The van der Waals surface area contributed by atoms with E-state index in [0.717, 1.165) is 24.8 Å². The predicted octanol–water partition coefficient (Wildman–Crippen LogP) is 4.31. The molecule has 2 unspecified atom stereocenters. The van der Waals surface area contributed by atoms with E-state index >= 15 is 0 Å². The molecule has 21 heavy (non-hydrogen) atoms. The molecule has 1 saturated heterocycles. The zero-order valence-corrected chi connectivity index (χ0v) is 13.7. The molecule has 2 heterocycles. The first-order chi connectivity index (χ1) is 10.0. The summed E-state index contributed by atoms with van der Waals surface area (Å²) >= 11 is 0. The first kappa shape index (κ1) is 14.7. The van der Waals surface area contributed by atoms with E-state index in [-0.39, 0.29) is 0 Å². The fraction of sp³-hybridized carbons (Fsp3) is 0.722. The molecule has 3 heteroatoms. The highest BCUT2D eigenvalue weighted by Gasteiger charge is 2.32. The molecule has 0 radical (unpaired) electrons. The third kappa shape index (κ3) is 3.50. The molecular formula is C18H29N3. The lowest BCUT2D eigenvalue weighted by molar-refractivity contribution is 0.178. The van der Waals surface area contributed by atoms with E-state index in [1.54, 1.807) is 0 Å². The van der Waals surface area contributed by atoms with E-state index in [9.17, 15) is 0 Å². The number of pyridine rings is 1. The molecule has 0 bridgehead atoms. The summed E-state index contributed by atoms with van der Waals surface area (Å²) in [5, 5.41) is 3.81. The smallest absolute Gasteiger partial charge is 0.151 e. The Balaban J connectivity index is 1.75. The predicted molar refractivity (Wildman–Crippen MR) is 89.9 cm³/mol. The molecule has 3 rings (SSSR count). The molecule has 1 aliphatic carbocycles. The third-order valence-corrected chi connectivity index (χ3v) is 4.94. The SMILES string of the molecule is CC1CC(Nc2cccnc2N2CCCC2)CC(C)(C)C1. The average Bonchev–Trinajstić information content (AvgIpc) is 2.90. The minimum atomic E-state index is 0.450. The van der Waals surface area contributed by atoms with E-state index in [1.807, 2.05) is 6.20 Å². The lowest BCUT2D eigenvalue weighted by Crippen LogP contribution is -2.36. The molecule has 2 atom stereocenters. The van der Waals surface area contributed by atoms with Gasteiger partial charge in [0.2, 0.25) is 0 Å². The van der Waals surface area contributed by atoms with Crippen LogP contribution in [0.4, 0.5) is 11.5 Å². The van der Waals surface area contributed by atoms with Crippen molar-refractivity contribution in [2.24, 2.45) is 11.3 Å². The number of anilines is 2.